The van der Waals surface area contributed by atoms with Gasteiger partial charge in [0.25, 0.3) is 11.6 Å². The summed E-state index contributed by atoms with van der Waals surface area (Å²) >= 11 is 3.35. The molecule has 7 heteroatoms. The average molecular weight is 386 g/mol. The third-order valence-electron chi connectivity index (χ3n) is 3.59. The van der Waals surface area contributed by atoms with Gasteiger partial charge >= 0.3 is 0 Å². The van der Waals surface area contributed by atoms with Crippen molar-refractivity contribution >= 4 is 44.1 Å². The summed E-state index contributed by atoms with van der Waals surface area (Å²) < 4.78 is 0.827. The minimum Gasteiger partial charge on any atom is -0.320 e. The highest BCUT2D eigenvalue weighted by Gasteiger charge is 2.22. The number of hydrogen-bond donors (Lipinski definition) is 1. The van der Waals surface area contributed by atoms with E-state index >= 15 is 0 Å². The number of amides is 1. The van der Waals surface area contributed by atoms with Crippen LogP contribution in [0.5, 0.6) is 0 Å². The number of hydrogen-bond acceptors (Lipinski definition) is 4. The second-order valence-electron chi connectivity index (χ2n) is 5.21. The third-order valence-corrected chi connectivity index (χ3v) is 4.02. The van der Waals surface area contributed by atoms with E-state index in [0.717, 1.165) is 9.86 Å². The normalized spacial score (nSPS) is 10.6. The third kappa shape index (κ3) is 2.98. The second kappa shape index (κ2) is 6.37. The van der Waals surface area contributed by atoms with Gasteiger partial charge in [0.1, 0.15) is 5.56 Å². The molecule has 120 valence electrons. The Balaban J connectivity index is 2.03. The smallest absolute Gasteiger partial charge is 0.285 e. The molecule has 0 bridgehead atoms. The number of aryl methyl sites for hydroxylation is 1. The van der Waals surface area contributed by atoms with Crippen molar-refractivity contribution in [3.63, 3.8) is 0 Å². The number of benzene rings is 2. The first-order valence-corrected chi connectivity index (χ1v) is 7.86. The number of aromatic nitrogens is 1. The number of nitro groups is 1. The molecule has 6 nitrogen and oxygen atoms in total. The summed E-state index contributed by atoms with van der Waals surface area (Å²) in [5.74, 6) is -0.539. The maximum atomic E-state index is 12.5. The van der Waals surface area contributed by atoms with Gasteiger partial charge < -0.3 is 5.32 Å². The summed E-state index contributed by atoms with van der Waals surface area (Å²) in [4.78, 5) is 27.6. The second-order valence-corrected chi connectivity index (χ2v) is 6.13. The van der Waals surface area contributed by atoms with E-state index in [2.05, 4.69) is 26.2 Å². The number of fused-ring (bicyclic) bond motifs is 1. The van der Waals surface area contributed by atoms with Crippen LogP contribution in [-0.4, -0.2) is 15.8 Å². The Morgan fingerprint density at radius 3 is 2.75 bits per heavy atom. The van der Waals surface area contributed by atoms with Gasteiger partial charge in [0.05, 0.1) is 16.1 Å². The first-order valence-electron chi connectivity index (χ1n) is 7.07. The SMILES string of the molecule is Cc1cccc(C(=O)Nc2cccc3cc(Br)cnc23)c1[N+](=O)[O-]. The number of para-hydroxylation sites is 2. The number of nitrogens with zero attached hydrogens (tertiary/aromatic N) is 2. The van der Waals surface area contributed by atoms with Crippen LogP contribution in [0.15, 0.2) is 53.1 Å². The number of nitrogens with one attached hydrogen (secondary N) is 1. The summed E-state index contributed by atoms with van der Waals surface area (Å²) in [6, 6.07) is 11.9. The van der Waals surface area contributed by atoms with Crippen LogP contribution in [0.3, 0.4) is 0 Å². The minimum atomic E-state index is -0.539. The predicted octanol–water partition coefficient (Wildman–Crippen LogP) is 4.47. The largest absolute Gasteiger partial charge is 0.320 e. The highest BCUT2D eigenvalue weighted by molar-refractivity contribution is 9.10. The fraction of sp³-hybridized carbons (Fsp3) is 0.0588. The zero-order chi connectivity index (χ0) is 17.3. The van der Waals surface area contributed by atoms with Gasteiger partial charge in [-0.2, -0.15) is 0 Å². The number of carbonyl (C=O) groups excluding carboxylic acids is 1. The van der Waals surface area contributed by atoms with E-state index in [9.17, 15) is 14.9 Å². The number of anilines is 1. The van der Waals surface area contributed by atoms with E-state index in [0.29, 0.717) is 16.8 Å². The summed E-state index contributed by atoms with van der Waals surface area (Å²) in [6.45, 7) is 1.60. The van der Waals surface area contributed by atoms with E-state index < -0.39 is 10.8 Å². The minimum absolute atomic E-state index is 0.0223. The maximum Gasteiger partial charge on any atom is 0.285 e. The van der Waals surface area contributed by atoms with E-state index in [1.165, 1.54) is 6.07 Å². The molecule has 0 atom stereocenters. The molecule has 3 aromatic rings. The van der Waals surface area contributed by atoms with Crippen LogP contribution in [0, 0.1) is 17.0 Å². The van der Waals surface area contributed by atoms with Crippen LogP contribution in [0.2, 0.25) is 0 Å². The monoisotopic (exact) mass is 385 g/mol. The number of pyridine rings is 1. The number of nitro benzene ring substituents is 1. The van der Waals surface area contributed by atoms with E-state index in [-0.39, 0.29) is 11.3 Å². The molecule has 1 N–H and O–H groups in total. The summed E-state index contributed by atoms with van der Waals surface area (Å²) in [5, 5.41) is 14.8. The molecule has 24 heavy (non-hydrogen) atoms. The average Bonchev–Trinajstić information content (AvgIpc) is 2.54. The molecule has 0 radical (unpaired) electrons. The van der Waals surface area contributed by atoms with Gasteiger partial charge in [0, 0.05) is 21.6 Å². The Labute approximate surface area is 145 Å². The molecule has 0 fully saturated rings. The van der Waals surface area contributed by atoms with Gasteiger partial charge in [-0.25, -0.2) is 0 Å². The van der Waals surface area contributed by atoms with Crippen LogP contribution in [0.25, 0.3) is 10.9 Å². The molecule has 0 unspecified atom stereocenters. The highest BCUT2D eigenvalue weighted by atomic mass is 79.9. The van der Waals surface area contributed by atoms with Crippen LogP contribution in [0.1, 0.15) is 15.9 Å². The number of carbonyl (C=O) groups is 1. The topological polar surface area (TPSA) is 85.1 Å². The van der Waals surface area contributed by atoms with Gasteiger partial charge in [-0.1, -0.05) is 24.3 Å². The van der Waals surface area contributed by atoms with Crippen molar-refractivity contribution in [3.8, 4) is 0 Å². The molecule has 0 aliphatic carbocycles. The van der Waals surface area contributed by atoms with Crippen LogP contribution < -0.4 is 5.32 Å². The Bertz CT molecular complexity index is 972. The fourth-order valence-electron chi connectivity index (χ4n) is 2.51. The molecule has 0 aliphatic rings. The van der Waals surface area contributed by atoms with Crippen molar-refractivity contribution in [2.75, 3.05) is 5.32 Å². The lowest BCUT2D eigenvalue weighted by molar-refractivity contribution is -0.385. The molecular formula is C17H12BrN3O3. The molecule has 0 saturated heterocycles. The summed E-state index contributed by atoms with van der Waals surface area (Å²) in [5.41, 5.74) is 1.39. The lowest BCUT2D eigenvalue weighted by Gasteiger charge is -2.09. The summed E-state index contributed by atoms with van der Waals surface area (Å²) in [7, 11) is 0. The fourth-order valence-corrected chi connectivity index (χ4v) is 2.86. The Morgan fingerprint density at radius 2 is 2.00 bits per heavy atom. The van der Waals surface area contributed by atoms with Gasteiger partial charge in [-0.15, -0.1) is 0 Å². The van der Waals surface area contributed by atoms with E-state index in [1.54, 1.807) is 37.4 Å². The molecule has 3 rings (SSSR count). The molecule has 0 spiro atoms. The summed E-state index contributed by atoms with van der Waals surface area (Å²) in [6.07, 6.45) is 1.63. The number of rotatable bonds is 3. The Kier molecular flexibility index (Phi) is 4.26. The van der Waals surface area contributed by atoms with Crippen molar-refractivity contribution < 1.29 is 9.72 Å². The van der Waals surface area contributed by atoms with E-state index in [1.807, 2.05) is 12.1 Å². The quantitative estimate of drug-likeness (QED) is 0.532. The standard InChI is InChI=1S/C17H12BrN3O3/c1-10-4-2-6-13(16(10)21(23)24)17(22)20-14-7-3-5-11-8-12(18)9-19-15(11)14/h2-9H,1H3,(H,20,22). The molecule has 0 saturated carbocycles. The van der Waals surface area contributed by atoms with Crippen molar-refractivity contribution in [1.29, 1.82) is 0 Å². The predicted molar refractivity (Wildman–Crippen MR) is 95.2 cm³/mol. The van der Waals surface area contributed by atoms with Gasteiger partial charge in [-0.05, 0) is 41.1 Å². The lowest BCUT2D eigenvalue weighted by Crippen LogP contribution is -2.15. The molecular weight excluding hydrogens is 374 g/mol. The van der Waals surface area contributed by atoms with Crippen molar-refractivity contribution in [2.24, 2.45) is 0 Å². The molecule has 1 amide bonds. The van der Waals surface area contributed by atoms with Crippen LogP contribution in [0.4, 0.5) is 11.4 Å². The van der Waals surface area contributed by atoms with E-state index in [4.69, 9.17) is 0 Å². The number of halogens is 1. The lowest BCUT2D eigenvalue weighted by atomic mass is 10.1. The first kappa shape index (κ1) is 16.1. The molecule has 2 aromatic carbocycles. The zero-order valence-corrected chi connectivity index (χ0v) is 14.2. The maximum absolute atomic E-state index is 12.5. The Morgan fingerprint density at radius 1 is 1.25 bits per heavy atom. The highest BCUT2D eigenvalue weighted by Crippen LogP contribution is 2.27. The van der Waals surface area contributed by atoms with Crippen molar-refractivity contribution in [2.45, 2.75) is 6.92 Å². The zero-order valence-electron chi connectivity index (χ0n) is 12.6. The van der Waals surface area contributed by atoms with Crippen LogP contribution in [-0.2, 0) is 0 Å². The molecule has 0 aliphatic heterocycles. The van der Waals surface area contributed by atoms with Crippen molar-refractivity contribution in [1.82, 2.24) is 4.98 Å². The van der Waals surface area contributed by atoms with Crippen LogP contribution >= 0.6 is 15.9 Å². The molecule has 1 heterocycles. The van der Waals surface area contributed by atoms with Gasteiger partial charge in [-0.3, -0.25) is 19.9 Å². The molecule has 1 aromatic heterocycles. The van der Waals surface area contributed by atoms with Gasteiger partial charge in [0.15, 0.2) is 0 Å². The van der Waals surface area contributed by atoms with Gasteiger partial charge in [0.2, 0.25) is 0 Å². The van der Waals surface area contributed by atoms with Crippen molar-refractivity contribution in [3.05, 3.63) is 74.4 Å². The Hall–Kier alpha value is -2.80. The first-order chi connectivity index (χ1) is 11.5.